The Labute approximate surface area is 141 Å². The maximum absolute atomic E-state index is 11.7. The number of hydrogen-bond donors (Lipinski definition) is 2. The Bertz CT molecular complexity index is 565. The molecule has 1 saturated carbocycles. The molecule has 1 aliphatic rings. The first-order valence-electron chi connectivity index (χ1n) is 6.34. The summed E-state index contributed by atoms with van der Waals surface area (Å²) in [6.07, 6.45) is 2.39. The summed E-state index contributed by atoms with van der Waals surface area (Å²) in [5.41, 5.74) is 0. The van der Waals surface area contributed by atoms with Gasteiger partial charge in [0.15, 0.2) is 15.8 Å². The monoisotopic (exact) mass is 429 g/mol. The van der Waals surface area contributed by atoms with Crippen LogP contribution in [-0.4, -0.2) is 33.2 Å². The molecule has 1 heterocycles. The lowest BCUT2D eigenvalue weighted by Crippen LogP contribution is -2.37. The fourth-order valence-electron chi connectivity index (χ4n) is 1.55. The van der Waals surface area contributed by atoms with Gasteiger partial charge in [0, 0.05) is 18.0 Å². The first-order chi connectivity index (χ1) is 9.05. The van der Waals surface area contributed by atoms with E-state index in [2.05, 4.69) is 15.6 Å². The summed E-state index contributed by atoms with van der Waals surface area (Å²) in [6, 6.07) is 4.08. The highest BCUT2D eigenvalue weighted by molar-refractivity contribution is 14.0. The third-order valence-corrected chi connectivity index (χ3v) is 6.30. The third kappa shape index (κ3) is 4.88. The van der Waals surface area contributed by atoms with E-state index in [-0.39, 0.29) is 29.7 Å². The second-order valence-corrected chi connectivity index (χ2v) is 8.14. The van der Waals surface area contributed by atoms with Gasteiger partial charge in [0.25, 0.3) is 0 Å². The largest absolute Gasteiger partial charge is 0.354 e. The van der Waals surface area contributed by atoms with Crippen LogP contribution in [-0.2, 0) is 16.4 Å². The van der Waals surface area contributed by atoms with Gasteiger partial charge in [0.1, 0.15) is 4.21 Å². The number of guanidine groups is 1. The lowest BCUT2D eigenvalue weighted by molar-refractivity contribution is 0.599. The molecule has 8 heteroatoms. The van der Waals surface area contributed by atoms with Crippen LogP contribution in [0.3, 0.4) is 0 Å². The molecule has 0 bridgehead atoms. The SMILES string of the molecule is CCS(=O)(=O)c1ccc(CNC(=NC)NC2CC2)s1.I. The van der Waals surface area contributed by atoms with Crippen LogP contribution in [0.2, 0.25) is 0 Å². The zero-order chi connectivity index (χ0) is 13.9. The number of sulfone groups is 1. The maximum atomic E-state index is 11.7. The minimum Gasteiger partial charge on any atom is -0.354 e. The first kappa shape index (κ1) is 17.7. The molecule has 0 spiro atoms. The topological polar surface area (TPSA) is 70.6 Å². The van der Waals surface area contributed by atoms with E-state index in [4.69, 9.17) is 0 Å². The average Bonchev–Trinajstić information content (AvgIpc) is 3.08. The minimum absolute atomic E-state index is 0. The van der Waals surface area contributed by atoms with Crippen LogP contribution in [0.25, 0.3) is 0 Å². The molecule has 5 nitrogen and oxygen atoms in total. The second kappa shape index (κ2) is 7.60. The molecule has 1 fully saturated rings. The van der Waals surface area contributed by atoms with E-state index in [9.17, 15) is 8.42 Å². The molecule has 20 heavy (non-hydrogen) atoms. The Morgan fingerprint density at radius 1 is 1.45 bits per heavy atom. The van der Waals surface area contributed by atoms with Gasteiger partial charge in [-0.1, -0.05) is 6.92 Å². The number of rotatable bonds is 5. The normalized spacial score (nSPS) is 15.6. The van der Waals surface area contributed by atoms with Gasteiger partial charge in [-0.25, -0.2) is 8.42 Å². The van der Waals surface area contributed by atoms with E-state index in [1.54, 1.807) is 20.0 Å². The highest BCUT2D eigenvalue weighted by Gasteiger charge is 2.22. The molecule has 0 aromatic carbocycles. The number of nitrogens with zero attached hydrogens (tertiary/aromatic N) is 1. The van der Waals surface area contributed by atoms with Gasteiger partial charge in [-0.05, 0) is 25.0 Å². The summed E-state index contributed by atoms with van der Waals surface area (Å²) < 4.78 is 23.9. The van der Waals surface area contributed by atoms with Crippen molar-refractivity contribution in [1.29, 1.82) is 0 Å². The molecular formula is C12H20IN3O2S2. The van der Waals surface area contributed by atoms with Crippen LogP contribution in [0.1, 0.15) is 24.6 Å². The highest BCUT2D eigenvalue weighted by atomic mass is 127. The van der Waals surface area contributed by atoms with Gasteiger partial charge in [-0.2, -0.15) is 0 Å². The number of thiophene rings is 1. The van der Waals surface area contributed by atoms with Crippen molar-refractivity contribution in [1.82, 2.24) is 10.6 Å². The van der Waals surface area contributed by atoms with Crippen molar-refractivity contribution in [2.24, 2.45) is 4.99 Å². The standard InChI is InChI=1S/C12H19N3O2S2.HI/c1-3-19(16,17)11-7-6-10(18-11)8-14-12(13-2)15-9-4-5-9;/h6-7,9H,3-5,8H2,1-2H3,(H2,13,14,15);1H. The lowest BCUT2D eigenvalue weighted by Gasteiger charge is -2.09. The lowest BCUT2D eigenvalue weighted by atomic mass is 10.4. The van der Waals surface area contributed by atoms with Crippen LogP contribution < -0.4 is 10.6 Å². The number of aliphatic imine (C=N–C) groups is 1. The van der Waals surface area contributed by atoms with Crippen LogP contribution in [0.4, 0.5) is 0 Å². The van der Waals surface area contributed by atoms with E-state index in [0.29, 0.717) is 16.8 Å². The van der Waals surface area contributed by atoms with Crippen molar-refractivity contribution in [3.8, 4) is 0 Å². The van der Waals surface area contributed by atoms with E-state index >= 15 is 0 Å². The maximum Gasteiger partial charge on any atom is 0.191 e. The average molecular weight is 429 g/mol. The van der Waals surface area contributed by atoms with Gasteiger partial charge in [-0.3, -0.25) is 4.99 Å². The van der Waals surface area contributed by atoms with Crippen molar-refractivity contribution in [2.45, 2.75) is 36.6 Å². The second-order valence-electron chi connectivity index (χ2n) is 4.47. The van der Waals surface area contributed by atoms with E-state index in [1.807, 2.05) is 6.07 Å². The number of halogens is 1. The van der Waals surface area contributed by atoms with Gasteiger partial charge in [0.05, 0.1) is 12.3 Å². The number of hydrogen-bond acceptors (Lipinski definition) is 4. The van der Waals surface area contributed by atoms with E-state index in [0.717, 1.165) is 10.8 Å². The van der Waals surface area contributed by atoms with Gasteiger partial charge in [0.2, 0.25) is 0 Å². The zero-order valence-corrected chi connectivity index (χ0v) is 15.5. The predicted octanol–water partition coefficient (Wildman–Crippen LogP) is 1.99. The zero-order valence-electron chi connectivity index (χ0n) is 11.5. The van der Waals surface area contributed by atoms with Crippen molar-refractivity contribution >= 4 is 51.1 Å². The molecule has 0 atom stereocenters. The van der Waals surface area contributed by atoms with Gasteiger partial charge < -0.3 is 10.6 Å². The summed E-state index contributed by atoms with van der Waals surface area (Å²) in [4.78, 5) is 5.13. The summed E-state index contributed by atoms with van der Waals surface area (Å²) in [5, 5.41) is 6.48. The highest BCUT2D eigenvalue weighted by Crippen LogP contribution is 2.22. The molecule has 114 valence electrons. The van der Waals surface area contributed by atoms with Gasteiger partial charge >= 0.3 is 0 Å². The molecule has 2 rings (SSSR count). The van der Waals surface area contributed by atoms with Crippen molar-refractivity contribution in [2.75, 3.05) is 12.8 Å². The molecule has 2 N–H and O–H groups in total. The minimum atomic E-state index is -3.09. The van der Waals surface area contributed by atoms with E-state index in [1.165, 1.54) is 24.2 Å². The predicted molar refractivity (Wildman–Crippen MR) is 93.8 cm³/mol. The fraction of sp³-hybridized carbons (Fsp3) is 0.583. The Hall–Kier alpha value is -0.350. The Morgan fingerprint density at radius 2 is 2.15 bits per heavy atom. The van der Waals surface area contributed by atoms with E-state index < -0.39 is 9.84 Å². The molecule has 0 amide bonds. The number of nitrogens with one attached hydrogen (secondary N) is 2. The summed E-state index contributed by atoms with van der Waals surface area (Å²) >= 11 is 1.32. The molecular weight excluding hydrogens is 409 g/mol. The molecule has 0 saturated heterocycles. The molecule has 1 aliphatic carbocycles. The molecule has 0 aliphatic heterocycles. The van der Waals surface area contributed by atoms with Crippen molar-refractivity contribution in [3.05, 3.63) is 17.0 Å². The quantitative estimate of drug-likeness (QED) is 0.427. The van der Waals surface area contributed by atoms with Crippen LogP contribution in [0, 0.1) is 0 Å². The Morgan fingerprint density at radius 3 is 2.70 bits per heavy atom. The summed E-state index contributed by atoms with van der Waals surface area (Å²) in [6.45, 7) is 2.25. The first-order valence-corrected chi connectivity index (χ1v) is 8.80. The van der Waals surface area contributed by atoms with Crippen molar-refractivity contribution < 1.29 is 8.42 Å². The van der Waals surface area contributed by atoms with Crippen molar-refractivity contribution in [3.63, 3.8) is 0 Å². The van der Waals surface area contributed by atoms with Crippen LogP contribution in [0.15, 0.2) is 21.3 Å². The smallest absolute Gasteiger partial charge is 0.191 e. The van der Waals surface area contributed by atoms with Gasteiger partial charge in [-0.15, -0.1) is 35.3 Å². The molecule has 0 radical (unpaired) electrons. The molecule has 1 aromatic rings. The summed E-state index contributed by atoms with van der Waals surface area (Å²) in [7, 11) is -1.35. The Kier molecular flexibility index (Phi) is 6.73. The summed E-state index contributed by atoms with van der Waals surface area (Å²) in [5.74, 6) is 0.918. The molecule has 1 aromatic heterocycles. The van der Waals surface area contributed by atoms with Crippen LogP contribution >= 0.6 is 35.3 Å². The Balaban J connectivity index is 0.00000200. The third-order valence-electron chi connectivity index (χ3n) is 2.90. The van der Waals surface area contributed by atoms with Crippen LogP contribution in [0.5, 0.6) is 0 Å². The fourth-order valence-corrected chi connectivity index (χ4v) is 3.97. The molecule has 0 unspecified atom stereocenters.